The van der Waals surface area contributed by atoms with Crippen molar-refractivity contribution in [2.45, 2.75) is 31.6 Å². The minimum atomic E-state index is -2.77. The standard InChI is InChI=1S/C13H14F2O2/c1-8(12(16)17)9-2-4-10(5-3-9)13(14,15)11-6-7-11/h2-5,8,11H,6-7H2,1H3,(H,16,17). The number of halogens is 2. The predicted octanol–water partition coefficient (Wildman–Crippen LogP) is 3.38. The summed E-state index contributed by atoms with van der Waals surface area (Å²) in [6.07, 6.45) is 1.14. The van der Waals surface area contributed by atoms with Crippen LogP contribution in [0.15, 0.2) is 24.3 Å². The zero-order valence-corrected chi connectivity index (χ0v) is 9.49. The Bertz CT molecular complexity index is 422. The van der Waals surface area contributed by atoms with Gasteiger partial charge in [0.25, 0.3) is 5.92 Å². The van der Waals surface area contributed by atoms with Crippen molar-refractivity contribution < 1.29 is 18.7 Å². The van der Waals surface area contributed by atoms with Crippen molar-refractivity contribution >= 4 is 5.97 Å². The zero-order chi connectivity index (χ0) is 12.6. The van der Waals surface area contributed by atoms with E-state index >= 15 is 0 Å². The Kier molecular flexibility index (Phi) is 2.89. The Labute approximate surface area is 98.3 Å². The average Bonchev–Trinajstić information content (AvgIpc) is 3.12. The fraction of sp³-hybridized carbons (Fsp3) is 0.462. The van der Waals surface area contributed by atoms with Crippen LogP contribution < -0.4 is 0 Å². The van der Waals surface area contributed by atoms with Crippen molar-refractivity contribution in [3.05, 3.63) is 35.4 Å². The second kappa shape index (κ2) is 4.09. The molecule has 1 aromatic rings. The Balaban J connectivity index is 2.20. The van der Waals surface area contributed by atoms with Gasteiger partial charge >= 0.3 is 5.97 Å². The second-order valence-corrected chi connectivity index (χ2v) is 4.58. The van der Waals surface area contributed by atoms with E-state index in [0.717, 1.165) is 0 Å². The number of carbonyl (C=O) groups is 1. The van der Waals surface area contributed by atoms with E-state index in [1.54, 1.807) is 0 Å². The van der Waals surface area contributed by atoms with Crippen LogP contribution >= 0.6 is 0 Å². The van der Waals surface area contributed by atoms with E-state index in [4.69, 9.17) is 5.11 Å². The van der Waals surface area contributed by atoms with Gasteiger partial charge in [0, 0.05) is 11.5 Å². The number of carboxylic acids is 1. The van der Waals surface area contributed by atoms with Gasteiger partial charge in [-0.1, -0.05) is 24.3 Å². The number of rotatable bonds is 4. The molecule has 1 saturated carbocycles. The molecule has 1 aliphatic rings. The zero-order valence-electron chi connectivity index (χ0n) is 9.49. The molecular weight excluding hydrogens is 226 g/mol. The van der Waals surface area contributed by atoms with Crippen LogP contribution in [-0.2, 0) is 10.7 Å². The van der Waals surface area contributed by atoms with E-state index in [2.05, 4.69) is 0 Å². The van der Waals surface area contributed by atoms with E-state index in [9.17, 15) is 13.6 Å². The molecule has 1 aliphatic carbocycles. The first-order valence-electron chi connectivity index (χ1n) is 5.64. The third kappa shape index (κ3) is 2.30. The highest BCUT2D eigenvalue weighted by molar-refractivity contribution is 5.75. The average molecular weight is 240 g/mol. The van der Waals surface area contributed by atoms with Gasteiger partial charge in [0.2, 0.25) is 0 Å². The first-order valence-corrected chi connectivity index (χ1v) is 5.64. The van der Waals surface area contributed by atoms with Crippen molar-refractivity contribution in [1.82, 2.24) is 0 Å². The molecule has 1 unspecified atom stereocenters. The Morgan fingerprint density at radius 1 is 1.35 bits per heavy atom. The summed E-state index contributed by atoms with van der Waals surface area (Å²) in [7, 11) is 0. The van der Waals surface area contributed by atoms with Crippen molar-refractivity contribution in [3.8, 4) is 0 Å². The summed E-state index contributed by atoms with van der Waals surface area (Å²) in [5.41, 5.74) is 0.536. The highest BCUT2D eigenvalue weighted by atomic mass is 19.3. The predicted molar refractivity (Wildman–Crippen MR) is 59.1 cm³/mol. The lowest BCUT2D eigenvalue weighted by Gasteiger charge is -2.16. The highest BCUT2D eigenvalue weighted by Gasteiger charge is 2.47. The lowest BCUT2D eigenvalue weighted by atomic mass is 9.97. The van der Waals surface area contributed by atoms with Gasteiger partial charge in [-0.15, -0.1) is 0 Å². The molecule has 0 saturated heterocycles. The minimum Gasteiger partial charge on any atom is -0.481 e. The lowest BCUT2D eigenvalue weighted by Crippen LogP contribution is -2.16. The molecule has 1 aromatic carbocycles. The van der Waals surface area contributed by atoms with E-state index < -0.39 is 23.7 Å². The smallest absolute Gasteiger partial charge is 0.310 e. The summed E-state index contributed by atoms with van der Waals surface area (Å²) in [6, 6.07) is 5.63. The number of aliphatic carboxylic acids is 1. The van der Waals surface area contributed by atoms with Crippen LogP contribution in [0.3, 0.4) is 0 Å². The van der Waals surface area contributed by atoms with E-state index in [1.807, 2.05) is 0 Å². The van der Waals surface area contributed by atoms with Gasteiger partial charge in [-0.05, 0) is 25.3 Å². The summed E-state index contributed by atoms with van der Waals surface area (Å²) in [5, 5.41) is 8.81. The quantitative estimate of drug-likeness (QED) is 0.876. The van der Waals surface area contributed by atoms with Gasteiger partial charge < -0.3 is 5.11 Å². The van der Waals surface area contributed by atoms with E-state index in [0.29, 0.717) is 18.4 Å². The summed E-state index contributed by atoms with van der Waals surface area (Å²) in [6.45, 7) is 1.54. The number of benzene rings is 1. The Morgan fingerprint density at radius 3 is 2.29 bits per heavy atom. The second-order valence-electron chi connectivity index (χ2n) is 4.58. The summed E-state index contributed by atoms with van der Waals surface area (Å²) >= 11 is 0. The minimum absolute atomic E-state index is 0.0126. The molecule has 0 spiro atoms. The van der Waals surface area contributed by atoms with Crippen molar-refractivity contribution in [3.63, 3.8) is 0 Å². The third-order valence-electron chi connectivity index (χ3n) is 3.26. The first-order chi connectivity index (χ1) is 7.93. The number of hydrogen-bond donors (Lipinski definition) is 1. The van der Waals surface area contributed by atoms with Gasteiger partial charge in [0.05, 0.1) is 5.92 Å². The number of carboxylic acid groups (broad SMARTS) is 1. The molecule has 0 aromatic heterocycles. The fourth-order valence-corrected chi connectivity index (χ4v) is 1.82. The van der Waals surface area contributed by atoms with Crippen molar-refractivity contribution in [1.29, 1.82) is 0 Å². The SMILES string of the molecule is CC(C(=O)O)c1ccc(C(F)(F)C2CC2)cc1. The molecule has 92 valence electrons. The molecule has 1 fully saturated rings. The van der Waals surface area contributed by atoms with Crippen LogP contribution in [0, 0.1) is 5.92 Å². The van der Waals surface area contributed by atoms with Gasteiger partial charge in [-0.2, -0.15) is 0 Å². The van der Waals surface area contributed by atoms with Crippen LogP contribution in [0.25, 0.3) is 0 Å². The number of hydrogen-bond acceptors (Lipinski definition) is 1. The topological polar surface area (TPSA) is 37.3 Å². The molecule has 4 heteroatoms. The molecule has 1 N–H and O–H groups in total. The Hall–Kier alpha value is -1.45. The number of alkyl halides is 2. The van der Waals surface area contributed by atoms with Gasteiger partial charge in [-0.3, -0.25) is 4.79 Å². The van der Waals surface area contributed by atoms with Crippen molar-refractivity contribution in [2.24, 2.45) is 5.92 Å². The van der Waals surface area contributed by atoms with Crippen LogP contribution in [-0.4, -0.2) is 11.1 Å². The van der Waals surface area contributed by atoms with E-state index in [1.165, 1.54) is 31.2 Å². The summed E-state index contributed by atoms with van der Waals surface area (Å²) < 4.78 is 27.4. The van der Waals surface area contributed by atoms with Gasteiger partial charge in [-0.25, -0.2) is 8.78 Å². The van der Waals surface area contributed by atoms with Crippen LogP contribution in [0.1, 0.15) is 36.8 Å². The summed E-state index contributed by atoms with van der Waals surface area (Å²) in [5.74, 6) is -4.93. The first kappa shape index (κ1) is 12.0. The molecule has 0 bridgehead atoms. The molecule has 17 heavy (non-hydrogen) atoms. The maximum atomic E-state index is 13.7. The summed E-state index contributed by atoms with van der Waals surface area (Å²) in [4.78, 5) is 10.8. The lowest BCUT2D eigenvalue weighted by molar-refractivity contribution is -0.138. The van der Waals surface area contributed by atoms with Gasteiger partial charge in [0.1, 0.15) is 0 Å². The monoisotopic (exact) mass is 240 g/mol. The Morgan fingerprint density at radius 2 is 1.88 bits per heavy atom. The molecule has 0 amide bonds. The largest absolute Gasteiger partial charge is 0.481 e. The molecular formula is C13H14F2O2. The van der Waals surface area contributed by atoms with Crippen LogP contribution in [0.4, 0.5) is 8.78 Å². The molecule has 2 rings (SSSR count). The van der Waals surface area contributed by atoms with Crippen LogP contribution in [0.5, 0.6) is 0 Å². The maximum absolute atomic E-state index is 13.7. The molecule has 0 heterocycles. The van der Waals surface area contributed by atoms with E-state index in [-0.39, 0.29) is 5.56 Å². The normalized spacial score (nSPS) is 17.8. The molecule has 2 nitrogen and oxygen atoms in total. The van der Waals surface area contributed by atoms with Gasteiger partial charge in [0.15, 0.2) is 0 Å². The third-order valence-corrected chi connectivity index (χ3v) is 3.26. The van der Waals surface area contributed by atoms with Crippen LogP contribution in [0.2, 0.25) is 0 Å². The van der Waals surface area contributed by atoms with Crippen molar-refractivity contribution in [2.75, 3.05) is 0 Å². The highest BCUT2D eigenvalue weighted by Crippen LogP contribution is 2.49. The molecule has 0 aliphatic heterocycles. The molecule has 1 atom stereocenters. The maximum Gasteiger partial charge on any atom is 0.310 e. The fourth-order valence-electron chi connectivity index (χ4n) is 1.82. The molecule has 0 radical (unpaired) electrons.